The zero-order chi connectivity index (χ0) is 8.67. The van der Waals surface area contributed by atoms with E-state index in [4.69, 9.17) is 0 Å². The van der Waals surface area contributed by atoms with Crippen LogP contribution in [0.25, 0.3) is 0 Å². The zero-order valence-electron chi connectivity index (χ0n) is 7.27. The molecule has 0 saturated heterocycles. The fourth-order valence-corrected chi connectivity index (χ4v) is 2.14. The van der Waals surface area contributed by atoms with Crippen molar-refractivity contribution in [3.63, 3.8) is 0 Å². The molecule has 13 heavy (non-hydrogen) atoms. The van der Waals surface area contributed by atoms with E-state index in [1.54, 1.807) is 0 Å². The molecule has 2 radical (unpaired) electrons. The summed E-state index contributed by atoms with van der Waals surface area (Å²) in [5.41, 5.74) is 2.71. The van der Waals surface area contributed by atoms with Crippen molar-refractivity contribution in [3.8, 4) is 0 Å². The molecule has 62 valence electrons. The molecule has 0 aromatic heterocycles. The van der Waals surface area contributed by atoms with Gasteiger partial charge in [-0.1, -0.05) is 48.6 Å². The molecule has 2 atom stereocenters. The van der Waals surface area contributed by atoms with Crippen LogP contribution in [0.3, 0.4) is 0 Å². The predicted molar refractivity (Wildman–Crippen MR) is 53.3 cm³/mol. The van der Waals surface area contributed by atoms with Crippen LogP contribution in [-0.4, -0.2) is 0 Å². The second kappa shape index (κ2) is 2.59. The van der Waals surface area contributed by atoms with Crippen molar-refractivity contribution >= 4 is 0 Å². The Bertz CT molecular complexity index is 385. The van der Waals surface area contributed by atoms with Gasteiger partial charge in [-0.05, 0) is 17.0 Å². The zero-order valence-corrected chi connectivity index (χ0v) is 7.27. The summed E-state index contributed by atoms with van der Waals surface area (Å²) in [7, 11) is 0. The fourth-order valence-electron chi connectivity index (χ4n) is 2.14. The van der Waals surface area contributed by atoms with Crippen molar-refractivity contribution in [1.82, 2.24) is 0 Å². The lowest BCUT2D eigenvalue weighted by Crippen LogP contribution is -2.02. The molecule has 0 fully saturated rings. The van der Waals surface area contributed by atoms with Gasteiger partial charge < -0.3 is 0 Å². The summed E-state index contributed by atoms with van der Waals surface area (Å²) < 4.78 is 0. The molecule has 0 heterocycles. The molecule has 1 aromatic rings. The largest absolute Gasteiger partial charge is 0.0795 e. The lowest BCUT2D eigenvalue weighted by atomic mass is 9.89. The molecule has 2 aliphatic carbocycles. The molecule has 3 rings (SSSR count). The molecule has 0 heteroatoms. The van der Waals surface area contributed by atoms with Crippen molar-refractivity contribution in [2.24, 2.45) is 5.92 Å². The van der Waals surface area contributed by atoms with E-state index in [0.717, 1.165) is 0 Å². The maximum atomic E-state index is 3.50. The molecule has 0 bridgehead atoms. The highest BCUT2D eigenvalue weighted by atomic mass is 14.3. The summed E-state index contributed by atoms with van der Waals surface area (Å²) in [5.74, 6) is 1.02. The topological polar surface area (TPSA) is 0 Å². The first kappa shape index (κ1) is 7.14. The fraction of sp³-hybridized carbons (Fsp3) is 0.154. The third-order valence-corrected chi connectivity index (χ3v) is 2.78. The van der Waals surface area contributed by atoms with Crippen LogP contribution < -0.4 is 0 Å². The van der Waals surface area contributed by atoms with Gasteiger partial charge in [0.15, 0.2) is 0 Å². The Morgan fingerprint density at radius 2 is 1.85 bits per heavy atom. The number of allylic oxidation sites excluding steroid dienone is 4. The summed E-state index contributed by atoms with van der Waals surface area (Å²) in [4.78, 5) is 0. The molecular weight excluding hydrogens is 156 g/mol. The number of hydrogen-bond acceptors (Lipinski definition) is 0. The van der Waals surface area contributed by atoms with Gasteiger partial charge in [0.05, 0.1) is 0 Å². The predicted octanol–water partition coefficient (Wildman–Crippen LogP) is 2.96. The minimum atomic E-state index is 0.474. The Labute approximate surface area is 78.6 Å². The van der Waals surface area contributed by atoms with E-state index in [1.165, 1.54) is 11.1 Å². The van der Waals surface area contributed by atoms with Gasteiger partial charge in [-0.2, -0.15) is 0 Å². The van der Waals surface area contributed by atoms with E-state index in [2.05, 4.69) is 55.0 Å². The van der Waals surface area contributed by atoms with E-state index < -0.39 is 0 Å². The van der Waals surface area contributed by atoms with Crippen LogP contribution in [0.4, 0.5) is 0 Å². The Kier molecular flexibility index (Phi) is 1.42. The average Bonchev–Trinajstić information content (AvgIpc) is 2.56. The molecule has 2 unspecified atom stereocenters. The number of fused-ring (bicyclic) bond motifs is 3. The van der Waals surface area contributed by atoms with Crippen LogP contribution in [0.1, 0.15) is 17.0 Å². The van der Waals surface area contributed by atoms with Crippen molar-refractivity contribution in [1.29, 1.82) is 0 Å². The van der Waals surface area contributed by atoms with Gasteiger partial charge in [-0.15, -0.1) is 0 Å². The normalized spacial score (nSPS) is 28.6. The number of benzene rings is 1. The molecule has 0 saturated carbocycles. The van der Waals surface area contributed by atoms with Gasteiger partial charge in [-0.3, -0.25) is 0 Å². The molecule has 0 spiro atoms. The van der Waals surface area contributed by atoms with Crippen LogP contribution in [-0.2, 0) is 0 Å². The summed E-state index contributed by atoms with van der Waals surface area (Å²) in [6.45, 7) is 0. The monoisotopic (exact) mass is 166 g/mol. The smallest absolute Gasteiger partial charge is 0.0251 e. The quantitative estimate of drug-likeness (QED) is 0.556. The highest BCUT2D eigenvalue weighted by molar-refractivity contribution is 5.48. The Morgan fingerprint density at radius 3 is 2.85 bits per heavy atom. The standard InChI is InChI=1S/C13H10/c1-3-7-12-10(5-1)9-11-6-2-4-8-13(11)12/h1-8,10,12H. The maximum absolute atomic E-state index is 3.50. The van der Waals surface area contributed by atoms with E-state index >= 15 is 0 Å². The Balaban J connectivity index is 2.12. The van der Waals surface area contributed by atoms with E-state index in [0.29, 0.717) is 11.8 Å². The van der Waals surface area contributed by atoms with Gasteiger partial charge in [0.25, 0.3) is 0 Å². The molecule has 0 amide bonds. The van der Waals surface area contributed by atoms with Crippen molar-refractivity contribution < 1.29 is 0 Å². The second-order valence-corrected chi connectivity index (χ2v) is 3.55. The first-order chi connectivity index (χ1) is 6.45. The minimum Gasteiger partial charge on any atom is -0.0795 e. The first-order valence-corrected chi connectivity index (χ1v) is 4.65. The second-order valence-electron chi connectivity index (χ2n) is 3.55. The highest BCUT2D eigenvalue weighted by Gasteiger charge is 2.29. The van der Waals surface area contributed by atoms with Gasteiger partial charge in [0.1, 0.15) is 0 Å². The Hall–Kier alpha value is -1.30. The van der Waals surface area contributed by atoms with E-state index in [9.17, 15) is 0 Å². The summed E-state index contributed by atoms with van der Waals surface area (Å²) in [5, 5.41) is 0. The number of rotatable bonds is 0. The van der Waals surface area contributed by atoms with Crippen molar-refractivity contribution in [2.75, 3.05) is 0 Å². The van der Waals surface area contributed by atoms with Crippen LogP contribution >= 0.6 is 0 Å². The number of hydrogen-bond donors (Lipinski definition) is 0. The maximum Gasteiger partial charge on any atom is 0.0251 e. The molecule has 0 nitrogen and oxygen atoms in total. The third kappa shape index (κ3) is 0.983. The Morgan fingerprint density at radius 1 is 1.00 bits per heavy atom. The molecular formula is C13H10. The first-order valence-electron chi connectivity index (χ1n) is 4.65. The van der Waals surface area contributed by atoms with Crippen LogP contribution in [0, 0.1) is 12.3 Å². The minimum absolute atomic E-state index is 0.474. The average molecular weight is 166 g/mol. The van der Waals surface area contributed by atoms with Crippen molar-refractivity contribution in [2.45, 2.75) is 5.92 Å². The van der Waals surface area contributed by atoms with Crippen LogP contribution in [0.2, 0.25) is 0 Å². The molecule has 2 aliphatic rings. The SMILES string of the molecule is [C]1c2ccccc2C2C=CC=CC12. The summed E-state index contributed by atoms with van der Waals surface area (Å²) in [6, 6.07) is 8.54. The van der Waals surface area contributed by atoms with Crippen molar-refractivity contribution in [3.05, 3.63) is 66.1 Å². The summed E-state index contributed by atoms with van der Waals surface area (Å²) >= 11 is 0. The van der Waals surface area contributed by atoms with E-state index in [-0.39, 0.29) is 0 Å². The molecule has 0 aliphatic heterocycles. The third-order valence-electron chi connectivity index (χ3n) is 2.78. The van der Waals surface area contributed by atoms with Gasteiger partial charge in [0.2, 0.25) is 0 Å². The summed E-state index contributed by atoms with van der Waals surface area (Å²) in [6.07, 6.45) is 12.2. The highest BCUT2D eigenvalue weighted by Crippen LogP contribution is 2.42. The van der Waals surface area contributed by atoms with Crippen LogP contribution in [0.5, 0.6) is 0 Å². The van der Waals surface area contributed by atoms with Gasteiger partial charge >= 0.3 is 0 Å². The van der Waals surface area contributed by atoms with E-state index in [1.807, 2.05) is 0 Å². The molecule has 1 aromatic carbocycles. The lowest BCUT2D eigenvalue weighted by molar-refractivity contribution is 0.711. The van der Waals surface area contributed by atoms with Gasteiger partial charge in [-0.25, -0.2) is 0 Å². The lowest BCUT2D eigenvalue weighted by Gasteiger charge is -2.14. The molecule has 0 N–H and O–H groups in total. The van der Waals surface area contributed by atoms with Gasteiger partial charge in [0, 0.05) is 12.3 Å². The van der Waals surface area contributed by atoms with Crippen LogP contribution in [0.15, 0.2) is 48.6 Å².